The van der Waals surface area contributed by atoms with Crippen LogP contribution in [0, 0.1) is 5.92 Å². The molecule has 0 aliphatic heterocycles. The van der Waals surface area contributed by atoms with Gasteiger partial charge in [-0.25, -0.2) is 0 Å². The third-order valence-electron chi connectivity index (χ3n) is 6.02. The lowest BCUT2D eigenvalue weighted by atomic mass is 9.59. The van der Waals surface area contributed by atoms with Gasteiger partial charge in [-0.1, -0.05) is 78.9 Å². The molecule has 1 amide bonds. The van der Waals surface area contributed by atoms with E-state index in [0.29, 0.717) is 0 Å². The first-order valence-corrected chi connectivity index (χ1v) is 10.1. The molecule has 29 heavy (non-hydrogen) atoms. The topological polar surface area (TPSA) is 42.0 Å². The fraction of sp³-hybridized carbons (Fsp3) is 0.154. The van der Waals surface area contributed by atoms with E-state index in [2.05, 4.69) is 58.8 Å². The fourth-order valence-electron chi connectivity index (χ4n) is 4.53. The van der Waals surface area contributed by atoms with Crippen LogP contribution in [-0.2, 0) is 4.79 Å². The molecule has 3 nitrogen and oxygen atoms in total. The van der Waals surface area contributed by atoms with Crippen LogP contribution in [0.15, 0.2) is 97.2 Å². The van der Waals surface area contributed by atoms with E-state index in [9.17, 15) is 4.79 Å². The number of amides is 1. The van der Waals surface area contributed by atoms with Crippen LogP contribution in [-0.4, -0.2) is 10.9 Å². The molecule has 0 saturated heterocycles. The van der Waals surface area contributed by atoms with Gasteiger partial charge in [0.15, 0.2) is 0 Å². The lowest BCUT2D eigenvalue weighted by Gasteiger charge is -2.44. The Bertz CT molecular complexity index is 1090. The number of hydrogen-bond donors (Lipinski definition) is 1. The summed E-state index contributed by atoms with van der Waals surface area (Å²) < 4.78 is 0. The number of fused-ring (bicyclic) bond motifs is 1. The van der Waals surface area contributed by atoms with Crippen molar-refractivity contribution in [3.63, 3.8) is 0 Å². The number of para-hydroxylation sites is 1. The zero-order valence-corrected chi connectivity index (χ0v) is 16.0. The van der Waals surface area contributed by atoms with Crippen molar-refractivity contribution in [2.45, 2.75) is 18.3 Å². The van der Waals surface area contributed by atoms with Crippen molar-refractivity contribution < 1.29 is 4.79 Å². The van der Waals surface area contributed by atoms with E-state index in [1.54, 1.807) is 6.20 Å². The highest BCUT2D eigenvalue weighted by atomic mass is 16.2. The number of carbonyl (C=O) groups is 1. The molecule has 0 spiro atoms. The lowest BCUT2D eigenvalue weighted by Crippen LogP contribution is -2.42. The van der Waals surface area contributed by atoms with Crippen molar-refractivity contribution in [1.29, 1.82) is 0 Å². The number of hydrogen-bond acceptors (Lipinski definition) is 2. The first-order valence-electron chi connectivity index (χ1n) is 10.1. The van der Waals surface area contributed by atoms with E-state index in [1.807, 2.05) is 42.5 Å². The molecule has 1 N–H and O–H groups in total. The van der Waals surface area contributed by atoms with Gasteiger partial charge in [0, 0.05) is 11.6 Å². The zero-order valence-electron chi connectivity index (χ0n) is 16.0. The molecule has 0 radical (unpaired) electrons. The third-order valence-corrected chi connectivity index (χ3v) is 6.02. The summed E-state index contributed by atoms with van der Waals surface area (Å²) >= 11 is 0. The molecule has 1 aliphatic carbocycles. The predicted octanol–water partition coefficient (Wildman–Crippen LogP) is 5.76. The Labute approximate surface area is 170 Å². The SMILES string of the molecule is O=C(Nc1cccc2cccnc12)C1[C@@H](c2ccccc2)C[C@H]1c1ccccc1. The number of benzene rings is 3. The minimum Gasteiger partial charge on any atom is -0.324 e. The summed E-state index contributed by atoms with van der Waals surface area (Å²) in [6, 6.07) is 30.6. The molecule has 5 rings (SSSR count). The highest BCUT2D eigenvalue weighted by Crippen LogP contribution is 2.53. The van der Waals surface area contributed by atoms with Crippen LogP contribution in [0.2, 0.25) is 0 Å². The number of nitrogens with one attached hydrogen (secondary N) is 1. The molecule has 1 heterocycles. The fourth-order valence-corrected chi connectivity index (χ4v) is 4.53. The summed E-state index contributed by atoms with van der Waals surface area (Å²) in [4.78, 5) is 17.9. The minimum absolute atomic E-state index is 0.0668. The summed E-state index contributed by atoms with van der Waals surface area (Å²) in [7, 11) is 0. The van der Waals surface area contributed by atoms with E-state index in [0.717, 1.165) is 23.0 Å². The number of carbonyl (C=O) groups excluding carboxylic acids is 1. The molecule has 1 saturated carbocycles. The van der Waals surface area contributed by atoms with E-state index >= 15 is 0 Å². The number of anilines is 1. The second-order valence-electron chi connectivity index (χ2n) is 7.67. The summed E-state index contributed by atoms with van der Waals surface area (Å²) in [6.07, 6.45) is 2.75. The maximum atomic E-state index is 13.5. The van der Waals surface area contributed by atoms with E-state index in [-0.39, 0.29) is 23.7 Å². The van der Waals surface area contributed by atoms with Gasteiger partial charge >= 0.3 is 0 Å². The molecule has 3 heteroatoms. The number of aromatic nitrogens is 1. The van der Waals surface area contributed by atoms with Gasteiger partial charge in [-0.05, 0) is 41.5 Å². The van der Waals surface area contributed by atoms with Crippen LogP contribution >= 0.6 is 0 Å². The zero-order chi connectivity index (χ0) is 19.6. The average Bonchev–Trinajstić information content (AvgIpc) is 2.75. The van der Waals surface area contributed by atoms with Gasteiger partial charge in [0.05, 0.1) is 17.1 Å². The Morgan fingerprint density at radius 3 is 2.03 bits per heavy atom. The maximum Gasteiger partial charge on any atom is 0.228 e. The quantitative estimate of drug-likeness (QED) is 0.490. The van der Waals surface area contributed by atoms with Crippen LogP contribution in [0.25, 0.3) is 10.9 Å². The van der Waals surface area contributed by atoms with Gasteiger partial charge in [-0.15, -0.1) is 0 Å². The smallest absolute Gasteiger partial charge is 0.228 e. The summed E-state index contributed by atoms with van der Waals surface area (Å²) in [6.45, 7) is 0. The molecular formula is C26H22N2O. The van der Waals surface area contributed by atoms with Crippen LogP contribution < -0.4 is 5.32 Å². The molecule has 142 valence electrons. The highest BCUT2D eigenvalue weighted by Gasteiger charge is 2.46. The van der Waals surface area contributed by atoms with E-state index < -0.39 is 0 Å². The number of pyridine rings is 1. The molecule has 0 bridgehead atoms. The van der Waals surface area contributed by atoms with E-state index in [4.69, 9.17) is 0 Å². The average molecular weight is 378 g/mol. The van der Waals surface area contributed by atoms with Crippen LogP contribution in [0.4, 0.5) is 5.69 Å². The monoisotopic (exact) mass is 378 g/mol. The number of nitrogens with zero attached hydrogens (tertiary/aromatic N) is 1. The second kappa shape index (κ2) is 7.51. The van der Waals surface area contributed by atoms with Gasteiger partial charge in [0.25, 0.3) is 0 Å². The van der Waals surface area contributed by atoms with Crippen LogP contribution in [0.3, 0.4) is 0 Å². The van der Waals surface area contributed by atoms with Crippen molar-refractivity contribution in [3.05, 3.63) is 108 Å². The molecule has 3 atom stereocenters. The molecule has 4 aromatic rings. The number of rotatable bonds is 4. The van der Waals surface area contributed by atoms with Crippen molar-refractivity contribution in [1.82, 2.24) is 4.98 Å². The molecule has 1 unspecified atom stereocenters. The predicted molar refractivity (Wildman–Crippen MR) is 117 cm³/mol. The molecule has 1 aromatic heterocycles. The van der Waals surface area contributed by atoms with Gasteiger partial charge in [0.1, 0.15) is 0 Å². The van der Waals surface area contributed by atoms with Gasteiger partial charge in [-0.2, -0.15) is 0 Å². The second-order valence-corrected chi connectivity index (χ2v) is 7.67. The maximum absolute atomic E-state index is 13.5. The highest BCUT2D eigenvalue weighted by molar-refractivity contribution is 6.02. The van der Waals surface area contributed by atoms with Crippen molar-refractivity contribution in [2.75, 3.05) is 5.32 Å². The Hall–Kier alpha value is -3.46. The molecular weight excluding hydrogens is 356 g/mol. The van der Waals surface area contributed by atoms with Crippen molar-refractivity contribution in [2.24, 2.45) is 5.92 Å². The van der Waals surface area contributed by atoms with Crippen LogP contribution in [0.5, 0.6) is 0 Å². The first-order chi connectivity index (χ1) is 14.3. The third kappa shape index (κ3) is 3.29. The first kappa shape index (κ1) is 17.6. The van der Waals surface area contributed by atoms with Gasteiger partial charge in [-0.3, -0.25) is 9.78 Å². The molecule has 1 fully saturated rings. The Morgan fingerprint density at radius 1 is 0.759 bits per heavy atom. The van der Waals surface area contributed by atoms with Crippen molar-refractivity contribution >= 4 is 22.5 Å². The summed E-state index contributed by atoms with van der Waals surface area (Å²) in [5.74, 6) is 0.421. The largest absolute Gasteiger partial charge is 0.324 e. The van der Waals surface area contributed by atoms with Crippen molar-refractivity contribution in [3.8, 4) is 0 Å². The van der Waals surface area contributed by atoms with Gasteiger partial charge < -0.3 is 5.32 Å². The normalized spacial score (nSPS) is 20.8. The van der Waals surface area contributed by atoms with E-state index in [1.165, 1.54) is 11.1 Å². The standard InChI is InChI=1S/C26H22N2O/c29-26(28-23-15-7-13-20-14-8-16-27-25(20)23)24-21(18-9-3-1-4-10-18)17-22(24)19-11-5-2-6-12-19/h1-16,21-22,24H,17H2,(H,28,29)/t21-,22+,24?. The Kier molecular flexibility index (Phi) is 4.57. The Morgan fingerprint density at radius 2 is 1.38 bits per heavy atom. The van der Waals surface area contributed by atoms with Crippen LogP contribution in [0.1, 0.15) is 29.4 Å². The van der Waals surface area contributed by atoms with Gasteiger partial charge in [0.2, 0.25) is 5.91 Å². The summed E-state index contributed by atoms with van der Waals surface area (Å²) in [5.41, 5.74) is 4.07. The lowest BCUT2D eigenvalue weighted by molar-refractivity contribution is -0.124. The minimum atomic E-state index is -0.0984. The summed E-state index contributed by atoms with van der Waals surface area (Å²) in [5, 5.41) is 4.21. The molecule has 1 aliphatic rings. The molecule has 3 aromatic carbocycles. The Balaban J connectivity index is 1.48.